The minimum Gasteiger partial charge on any atom is -1.00 e. The molecule has 404 valence electrons. The van der Waals surface area contributed by atoms with Gasteiger partial charge < -0.3 is 39.8 Å². The van der Waals surface area contributed by atoms with Crippen molar-refractivity contribution in [2.24, 2.45) is 0 Å². The molecule has 2 aliphatic carbocycles. The van der Waals surface area contributed by atoms with E-state index in [4.69, 9.17) is 24.3 Å². The average Bonchev–Trinajstić information content (AvgIpc) is 4.25. The van der Waals surface area contributed by atoms with Crippen molar-refractivity contribution >= 4 is 68.3 Å². The molecule has 9 heterocycles. The van der Waals surface area contributed by atoms with Gasteiger partial charge in [0.15, 0.2) is 11.6 Å². The summed E-state index contributed by atoms with van der Waals surface area (Å²) in [6.45, 7) is 17.3. The van der Waals surface area contributed by atoms with E-state index in [9.17, 15) is 9.59 Å². The Hall–Kier alpha value is -3.79. The van der Waals surface area contributed by atoms with Gasteiger partial charge in [-0.1, -0.05) is 43.8 Å². The Morgan fingerprint density at radius 2 is 1.18 bits per heavy atom. The standard InChI is InChI=1S/C24H24N6O.C19H22BN3O2.C11H14BrN3O.CH2O3.CH4.2K.H/c1-14-10-26-29(12-14)21-9-17-5-4-6-18(19(17)11-25-21)22-20-13-28(3)24(31)15(2)30(20)23(27-22)16-7-8-16;1-13-10-22-23(12-13)17-9-14-7-6-8-16(15(14)11-21-17)20-24-18(2,3)19(4,5)25-20;1-6-11(16)14(2)5-8-9(12)13-10(15(6)8)7-3-4-7;2-1-4-3;;;;/h4-6,9-12,15-16H,7-8,13H2,1-3H3;6-12H,1-5H3;6-7H,3-5H2,1-2H3;1,3H;1H4;;;/q;;;;;2*+1;-1/p-1. The van der Waals surface area contributed by atoms with Crippen molar-refractivity contribution in [3.8, 4) is 22.9 Å². The van der Waals surface area contributed by atoms with Gasteiger partial charge in [-0.15, -0.1) is 0 Å². The van der Waals surface area contributed by atoms with Gasteiger partial charge >= 0.3 is 110 Å². The number of fused-ring (bicyclic) bond motifs is 4. The Morgan fingerprint density at radius 1 is 0.722 bits per heavy atom. The fraction of sp³-hybridized carbons (Fsp3) is 0.411. The second-order valence-corrected chi connectivity index (χ2v) is 22.1. The zero-order valence-electron chi connectivity index (χ0n) is 47.4. The summed E-state index contributed by atoms with van der Waals surface area (Å²) in [7, 11) is 3.32. The van der Waals surface area contributed by atoms with Crippen molar-refractivity contribution < 1.29 is 138 Å². The van der Waals surface area contributed by atoms with Gasteiger partial charge in [0.2, 0.25) is 11.8 Å². The summed E-state index contributed by atoms with van der Waals surface area (Å²) in [4.78, 5) is 58.4. The first-order valence-electron chi connectivity index (χ1n) is 25.6. The molecule has 0 spiro atoms. The van der Waals surface area contributed by atoms with Crippen LogP contribution < -0.4 is 113 Å². The SMILES string of the molecule is C.CC1C(=O)N(C)Cc2c(Br)nc(C3CC3)n21.Cc1cnn(-c2cc3cccc(-c4nc(C5CC5)n5c4CN(C)C(=O)C5C)c3cn2)c1.Cc1cnn(-c2cc3cccc(B4OC(C)(C)C(C)(C)O4)c3cn2)c1.O=CO[O-].[H-].[K+].[K+]. The Balaban J connectivity index is 0.000000190. The van der Waals surface area contributed by atoms with Gasteiger partial charge in [0.25, 0.3) is 6.47 Å². The zero-order valence-corrected chi connectivity index (χ0v) is 54.2. The van der Waals surface area contributed by atoms with E-state index in [1.807, 2.05) is 102 Å². The maximum absolute atomic E-state index is 12.7. The van der Waals surface area contributed by atoms with Gasteiger partial charge in [-0.3, -0.25) is 14.4 Å². The molecule has 79 heavy (non-hydrogen) atoms. The molecule has 0 radical (unpaired) electrons. The molecule has 8 aromatic rings. The monoisotopic (exact) mass is 1190 g/mol. The van der Waals surface area contributed by atoms with Crippen LogP contribution in [-0.2, 0) is 41.7 Å². The zero-order chi connectivity index (χ0) is 54.0. The summed E-state index contributed by atoms with van der Waals surface area (Å²) in [5.74, 6) is 5.12. The molecule has 2 atom stereocenters. The van der Waals surface area contributed by atoms with Crippen LogP contribution in [0.25, 0.3) is 44.4 Å². The number of rotatable bonds is 7. The fourth-order valence-corrected chi connectivity index (χ4v) is 10.6. The Kier molecular flexibility index (Phi) is 20.2. The predicted octanol–water partition coefficient (Wildman–Crippen LogP) is 2.28. The second kappa shape index (κ2) is 25.4. The average molecular weight is 1190 g/mol. The van der Waals surface area contributed by atoms with Gasteiger partial charge in [-0.05, 0) is 142 Å². The molecule has 5 aliphatic rings. The van der Waals surface area contributed by atoms with Crippen LogP contribution in [0, 0.1) is 13.8 Å². The van der Waals surface area contributed by atoms with Crippen LogP contribution in [-0.4, -0.2) is 109 Å². The largest absolute Gasteiger partial charge is 1.00 e. The van der Waals surface area contributed by atoms with Gasteiger partial charge in [-0.2, -0.15) is 10.2 Å². The molecule has 19 nitrogen and oxygen atoms in total. The van der Waals surface area contributed by atoms with E-state index >= 15 is 0 Å². The van der Waals surface area contributed by atoms with E-state index in [0.717, 1.165) is 102 Å². The number of pyridine rings is 2. The van der Waals surface area contributed by atoms with Crippen molar-refractivity contribution in [1.29, 1.82) is 0 Å². The molecule has 0 N–H and O–H groups in total. The van der Waals surface area contributed by atoms with Crippen LogP contribution in [0.3, 0.4) is 0 Å². The van der Waals surface area contributed by atoms with E-state index in [-0.39, 0.29) is 153 Å². The summed E-state index contributed by atoms with van der Waals surface area (Å²) in [6.07, 6.45) is 16.1. The van der Waals surface area contributed by atoms with Crippen molar-refractivity contribution in [3.05, 3.63) is 124 Å². The smallest absolute Gasteiger partial charge is 1.00 e. The molecule has 2 saturated carbocycles. The van der Waals surface area contributed by atoms with E-state index in [0.29, 0.717) is 24.9 Å². The van der Waals surface area contributed by atoms with E-state index in [1.165, 1.54) is 12.8 Å². The molecular formula is C56H66BBrK2N12O7. The number of aryl methyl sites for hydroxylation is 2. The molecule has 1 saturated heterocycles. The van der Waals surface area contributed by atoms with E-state index in [1.54, 1.807) is 14.3 Å². The third-order valence-electron chi connectivity index (χ3n) is 15.2. The number of halogens is 1. The molecule has 0 bridgehead atoms. The number of hydrogen-bond acceptors (Lipinski definition) is 13. The maximum atomic E-state index is 12.7. The Bertz CT molecular complexity index is 3530. The molecular weight excluding hydrogens is 1120 g/mol. The third kappa shape index (κ3) is 12.7. The number of imidazole rings is 2. The van der Waals surface area contributed by atoms with Crippen LogP contribution in [0.4, 0.5) is 0 Å². The maximum Gasteiger partial charge on any atom is 1.00 e. The summed E-state index contributed by atoms with van der Waals surface area (Å²) in [5, 5.41) is 21.4. The summed E-state index contributed by atoms with van der Waals surface area (Å²) >= 11 is 3.50. The normalized spacial score (nSPS) is 18.6. The summed E-state index contributed by atoms with van der Waals surface area (Å²) < 4.78 is 21.2. The molecule has 3 aliphatic heterocycles. The number of likely N-dealkylation sites (N-methyl/N-ethyl adjacent to an activating group) is 2. The number of carbonyl (C=O) groups is 3. The number of amides is 2. The first kappa shape index (κ1) is 62.8. The Labute approximate surface area is 556 Å². The molecule has 2 unspecified atom stereocenters. The van der Waals surface area contributed by atoms with Gasteiger partial charge in [0, 0.05) is 61.7 Å². The molecule has 23 heteroatoms. The number of benzene rings is 2. The van der Waals surface area contributed by atoms with E-state index in [2.05, 4.69) is 113 Å². The van der Waals surface area contributed by atoms with Crippen molar-refractivity contribution in [3.63, 3.8) is 0 Å². The minimum absolute atomic E-state index is 0. The number of aromatic nitrogens is 10. The van der Waals surface area contributed by atoms with Crippen LogP contribution in [0.15, 0.2) is 90.3 Å². The van der Waals surface area contributed by atoms with Crippen LogP contribution >= 0.6 is 15.9 Å². The second-order valence-electron chi connectivity index (χ2n) is 21.4. The van der Waals surface area contributed by atoms with Crippen molar-refractivity contribution in [1.82, 2.24) is 58.4 Å². The van der Waals surface area contributed by atoms with E-state index < -0.39 is 7.12 Å². The summed E-state index contributed by atoms with van der Waals surface area (Å²) in [6, 6.07) is 16.2. The molecule has 6 aromatic heterocycles. The van der Waals surface area contributed by atoms with Crippen LogP contribution in [0.2, 0.25) is 0 Å². The minimum atomic E-state index is -0.395. The molecule has 2 amide bonds. The van der Waals surface area contributed by atoms with Gasteiger partial charge in [0.05, 0.1) is 53.8 Å². The number of nitrogens with zero attached hydrogens (tertiary/aromatic N) is 12. The molecule has 13 rings (SSSR count). The fourth-order valence-electron chi connectivity index (χ4n) is 10.1. The molecule has 3 fully saturated rings. The first-order chi connectivity index (χ1) is 36.3. The number of hydrogen-bond donors (Lipinski definition) is 0. The van der Waals surface area contributed by atoms with Crippen LogP contribution in [0.5, 0.6) is 0 Å². The van der Waals surface area contributed by atoms with Gasteiger partial charge in [-0.25, -0.2) is 29.3 Å². The molecule has 2 aromatic carbocycles. The third-order valence-corrected chi connectivity index (χ3v) is 15.8. The van der Waals surface area contributed by atoms with Gasteiger partial charge in [0.1, 0.15) is 28.3 Å². The Morgan fingerprint density at radius 3 is 1.66 bits per heavy atom. The number of carbonyl (C=O) groups excluding carboxylic acids is 3. The van der Waals surface area contributed by atoms with Crippen molar-refractivity contribution in [2.75, 3.05) is 14.1 Å². The topological polar surface area (TPSA) is 205 Å². The van der Waals surface area contributed by atoms with Crippen molar-refractivity contribution in [2.45, 2.75) is 137 Å². The first-order valence-corrected chi connectivity index (χ1v) is 26.3. The predicted molar refractivity (Wildman–Crippen MR) is 295 cm³/mol. The summed E-state index contributed by atoms with van der Waals surface area (Å²) in [5.41, 5.74) is 6.79. The quantitative estimate of drug-likeness (QED) is 0.0974. The van der Waals surface area contributed by atoms with Crippen LogP contribution in [0.1, 0.15) is 134 Å².